The van der Waals surface area contributed by atoms with Crippen LogP contribution in [0.25, 0.3) is 0 Å². The predicted molar refractivity (Wildman–Crippen MR) is 115 cm³/mol. The molecule has 185 valence electrons. The van der Waals surface area contributed by atoms with E-state index >= 15 is 0 Å². The molecule has 14 heteroatoms. The molecule has 1 aliphatic heterocycles. The van der Waals surface area contributed by atoms with Crippen LogP contribution in [0.2, 0.25) is 0 Å². The van der Waals surface area contributed by atoms with E-state index in [9.17, 15) is 29.4 Å². The van der Waals surface area contributed by atoms with Crippen LogP contribution in [0.15, 0.2) is 29.1 Å². The van der Waals surface area contributed by atoms with Crippen LogP contribution in [0.1, 0.15) is 23.2 Å². The third-order valence-corrected chi connectivity index (χ3v) is 5.23. The number of carbonyl (C=O) groups is 3. The van der Waals surface area contributed by atoms with Crippen LogP contribution in [0, 0.1) is 0 Å². The van der Waals surface area contributed by atoms with E-state index in [1.54, 1.807) is 24.1 Å². The Morgan fingerprint density at radius 3 is 2.56 bits per heavy atom. The Labute approximate surface area is 204 Å². The van der Waals surface area contributed by atoms with Crippen molar-refractivity contribution < 1.29 is 41.7 Å². The number of hydrogen-bond donors (Lipinski definition) is 5. The maximum atomic E-state index is 12.3. The number of likely N-dealkylation sites (N-methyl/N-ethyl adjacent to an activating group) is 1. The predicted octanol–water partition coefficient (Wildman–Crippen LogP) is -2.93. The van der Waals surface area contributed by atoms with Crippen LogP contribution in [-0.2, 0) is 26.7 Å². The van der Waals surface area contributed by atoms with Gasteiger partial charge in [0.2, 0.25) is 5.95 Å². The first-order valence-corrected chi connectivity index (χ1v) is 10.1. The molecule has 6 N–H and O–H groups in total. The Morgan fingerprint density at radius 1 is 1.26 bits per heavy atom. The maximum absolute atomic E-state index is 12.3. The number of nitrogens with two attached hydrogens (primary N) is 1. The summed E-state index contributed by atoms with van der Waals surface area (Å²) in [5.41, 5.74) is 6.51. The number of benzene rings is 1. The summed E-state index contributed by atoms with van der Waals surface area (Å²) in [5.74, 6) is -3.22. The summed E-state index contributed by atoms with van der Waals surface area (Å²) in [7, 11) is 1.78. The average molecular weight is 521 g/mol. The fraction of sp³-hybridized carbons (Fsp3) is 0.350. The van der Waals surface area contributed by atoms with E-state index in [0.717, 1.165) is 0 Å². The number of nitrogens with one attached hydrogen (secondary N) is 4. The molecular weight excluding hydrogens is 498 g/mol. The summed E-state index contributed by atoms with van der Waals surface area (Å²) in [6.07, 6.45) is -0.862. The molecule has 0 unspecified atom stereocenters. The standard InChI is InChI=1S/C20H25N7O6.Cu/c1-27-12(9-23-16-15(27)18(31)26-20(21)25-16)8-22-11-4-2-10(3-5-11)17(30)24-13(19(32)33)6-7-14(28)29;/h2-5,12-13,22H,6-9H2,1H3,(H,24,30)(H,28,29)(H,32,33)(H4,21,23,25,26,31);/q;+2/p-2/t12-,13-;/m0./s1. The van der Waals surface area contributed by atoms with Gasteiger partial charge < -0.3 is 46.4 Å². The fourth-order valence-electron chi connectivity index (χ4n) is 3.41. The van der Waals surface area contributed by atoms with Crippen molar-refractivity contribution in [3.05, 3.63) is 40.2 Å². The number of carboxylic acid groups (broad SMARTS) is 2. The number of carbonyl (C=O) groups excluding carboxylic acids is 3. The normalized spacial score (nSPS) is 15.2. The molecule has 1 amide bonds. The van der Waals surface area contributed by atoms with E-state index in [-0.39, 0.29) is 46.6 Å². The van der Waals surface area contributed by atoms with E-state index in [1.807, 2.05) is 0 Å². The summed E-state index contributed by atoms with van der Waals surface area (Å²) in [5, 5.41) is 30.2. The van der Waals surface area contributed by atoms with E-state index in [4.69, 9.17) is 5.73 Å². The number of anilines is 4. The number of nitrogens with zero attached hydrogens (tertiary/aromatic N) is 2. The summed E-state index contributed by atoms with van der Waals surface area (Å²) in [6, 6.07) is 4.75. The molecule has 1 aromatic heterocycles. The average Bonchev–Trinajstić information content (AvgIpc) is 2.75. The number of nitrogen functional groups attached to an aromatic ring is 1. The minimum atomic E-state index is -1.58. The van der Waals surface area contributed by atoms with Crippen LogP contribution >= 0.6 is 0 Å². The first-order chi connectivity index (χ1) is 15.7. The molecule has 2 heterocycles. The Kier molecular flexibility index (Phi) is 8.87. The molecular formula is C20H23CuN7O6. The maximum Gasteiger partial charge on any atom is 2.00 e. The third-order valence-electron chi connectivity index (χ3n) is 5.23. The van der Waals surface area contributed by atoms with Crippen LogP contribution in [-0.4, -0.2) is 60.0 Å². The largest absolute Gasteiger partial charge is 2.00 e. The van der Waals surface area contributed by atoms with E-state index in [1.165, 1.54) is 12.1 Å². The zero-order valence-corrected chi connectivity index (χ0v) is 19.0. The molecule has 34 heavy (non-hydrogen) atoms. The molecule has 3 rings (SSSR count). The van der Waals surface area contributed by atoms with Gasteiger partial charge in [0.25, 0.3) is 11.5 Å². The number of H-pyrrole nitrogens is 1. The number of hydrogen-bond acceptors (Lipinski definition) is 11. The zero-order valence-electron chi connectivity index (χ0n) is 18.0. The summed E-state index contributed by atoms with van der Waals surface area (Å²) >= 11 is 0. The first kappa shape index (κ1) is 26.5. The van der Waals surface area contributed by atoms with Gasteiger partial charge in [0.1, 0.15) is 5.69 Å². The monoisotopic (exact) mass is 520 g/mol. The molecule has 1 aliphatic rings. The Morgan fingerprint density at radius 2 is 1.94 bits per heavy atom. The third kappa shape index (κ3) is 6.39. The Bertz CT molecular complexity index is 1110. The van der Waals surface area contributed by atoms with Gasteiger partial charge in [-0.15, -0.1) is 0 Å². The van der Waals surface area contributed by atoms with E-state index in [0.29, 0.717) is 30.3 Å². The van der Waals surface area contributed by atoms with Gasteiger partial charge in [-0.05, 0) is 37.1 Å². The topological polar surface area (TPSA) is 208 Å². The molecule has 0 bridgehead atoms. The van der Waals surface area contributed by atoms with Crippen LogP contribution in [0.4, 0.5) is 23.1 Å². The van der Waals surface area contributed by atoms with Crippen molar-refractivity contribution in [2.75, 3.05) is 41.4 Å². The van der Waals surface area contributed by atoms with Crippen molar-refractivity contribution in [3.63, 3.8) is 0 Å². The molecule has 0 spiro atoms. The number of aliphatic carboxylic acids is 2. The first-order valence-electron chi connectivity index (χ1n) is 10.1. The van der Waals surface area contributed by atoms with Gasteiger partial charge in [-0.3, -0.25) is 14.6 Å². The van der Waals surface area contributed by atoms with Crippen LogP contribution in [0.5, 0.6) is 0 Å². The van der Waals surface area contributed by atoms with Gasteiger partial charge in [0, 0.05) is 37.4 Å². The zero-order chi connectivity index (χ0) is 24.1. The minimum absolute atomic E-state index is 0. The Balaban J connectivity index is 0.00000408. The van der Waals surface area contributed by atoms with Crippen molar-refractivity contribution in [2.24, 2.45) is 0 Å². The van der Waals surface area contributed by atoms with E-state index < -0.39 is 30.3 Å². The van der Waals surface area contributed by atoms with Crippen LogP contribution < -0.4 is 42.4 Å². The molecule has 0 saturated carbocycles. The van der Waals surface area contributed by atoms with Crippen molar-refractivity contribution in [2.45, 2.75) is 24.9 Å². The summed E-state index contributed by atoms with van der Waals surface area (Å²) in [4.78, 5) is 54.5. The number of rotatable bonds is 9. The molecule has 0 saturated heterocycles. The minimum Gasteiger partial charge on any atom is -0.550 e. The van der Waals surface area contributed by atoms with Gasteiger partial charge in [0.05, 0.1) is 18.1 Å². The molecule has 2 aromatic rings. The number of aromatic nitrogens is 2. The molecule has 0 aliphatic carbocycles. The molecule has 0 fully saturated rings. The van der Waals surface area contributed by atoms with Crippen molar-refractivity contribution in [3.8, 4) is 0 Å². The van der Waals surface area contributed by atoms with Gasteiger partial charge in [-0.25, -0.2) is 0 Å². The van der Waals surface area contributed by atoms with Crippen molar-refractivity contribution in [1.82, 2.24) is 15.3 Å². The van der Waals surface area contributed by atoms with Gasteiger partial charge in [-0.2, -0.15) is 4.98 Å². The molecule has 1 radical (unpaired) electrons. The number of amides is 1. The smallest absolute Gasteiger partial charge is 0.550 e. The second-order valence-corrected chi connectivity index (χ2v) is 7.51. The quantitative estimate of drug-likeness (QED) is 0.211. The molecule has 2 atom stereocenters. The van der Waals surface area contributed by atoms with Gasteiger partial charge >= 0.3 is 17.1 Å². The van der Waals surface area contributed by atoms with E-state index in [2.05, 4.69) is 25.9 Å². The second-order valence-electron chi connectivity index (χ2n) is 7.51. The SMILES string of the molecule is CN1c2c(nc(N)[nH]c2=O)NC[C@@H]1CNc1ccc(C(=O)N[C@@H](CCC(=O)[O-])C(=O)[O-])cc1.[Cu+2]. The Hall–Kier alpha value is -3.77. The summed E-state index contributed by atoms with van der Waals surface area (Å²) in [6.45, 7) is 0.984. The fourth-order valence-corrected chi connectivity index (χ4v) is 3.41. The van der Waals surface area contributed by atoms with Crippen molar-refractivity contribution >= 4 is 41.0 Å². The number of aromatic amines is 1. The summed E-state index contributed by atoms with van der Waals surface area (Å²) < 4.78 is 0. The number of fused-ring (bicyclic) bond motifs is 1. The van der Waals surface area contributed by atoms with Crippen molar-refractivity contribution in [1.29, 1.82) is 0 Å². The van der Waals surface area contributed by atoms with Gasteiger partial charge in [0.15, 0.2) is 5.82 Å². The second kappa shape index (κ2) is 11.4. The number of carboxylic acids is 2. The van der Waals surface area contributed by atoms with Crippen LogP contribution in [0.3, 0.4) is 0 Å². The molecule has 13 nitrogen and oxygen atoms in total. The molecule has 1 aromatic carbocycles. The van der Waals surface area contributed by atoms with Gasteiger partial charge in [-0.1, -0.05) is 0 Å².